The normalized spacial score (nSPS) is 28.8. The van der Waals surface area contributed by atoms with Crippen LogP contribution >= 0.6 is 11.8 Å². The largest absolute Gasteiger partial charge is 0.120 e. The highest BCUT2D eigenvalue weighted by Gasteiger charge is 2.38. The molecule has 0 aromatic heterocycles. The van der Waals surface area contributed by atoms with Crippen LogP contribution in [0.1, 0.15) is 48.0 Å². The lowest BCUT2D eigenvalue weighted by Gasteiger charge is -2.41. The molecule has 0 spiro atoms. The molecule has 1 heterocycles. The second kappa shape index (κ2) is 3.78. The quantitative estimate of drug-likeness (QED) is 0.558. The molecule has 1 aliphatic heterocycles. The van der Waals surface area contributed by atoms with Crippen molar-refractivity contribution >= 4 is 11.8 Å². The zero-order chi connectivity index (χ0) is 12.9. The Bertz CT molecular complexity index is 417. The lowest BCUT2D eigenvalue weighted by atomic mass is 9.76. The topological polar surface area (TPSA) is 0 Å². The van der Waals surface area contributed by atoms with Gasteiger partial charge in [-0.05, 0) is 17.4 Å². The highest BCUT2D eigenvalue weighted by Crippen LogP contribution is 2.53. The molecule has 17 heavy (non-hydrogen) atoms. The minimum Gasteiger partial charge on any atom is -0.120 e. The van der Waals surface area contributed by atoms with Crippen LogP contribution in [-0.4, -0.2) is 4.75 Å². The molecule has 0 aromatic rings. The van der Waals surface area contributed by atoms with Gasteiger partial charge in [-0.3, -0.25) is 0 Å². The van der Waals surface area contributed by atoms with Gasteiger partial charge in [0.05, 0.1) is 0 Å². The monoisotopic (exact) mass is 248 g/mol. The van der Waals surface area contributed by atoms with E-state index in [0.717, 1.165) is 0 Å². The molecular weight excluding hydrogens is 224 g/mol. The molecule has 0 radical (unpaired) electrons. The maximum Gasteiger partial charge on any atom is 0.0159 e. The Kier molecular flexibility index (Phi) is 2.89. The number of hydrogen-bond acceptors (Lipinski definition) is 1. The van der Waals surface area contributed by atoms with Crippen LogP contribution in [0, 0.1) is 10.8 Å². The van der Waals surface area contributed by atoms with Gasteiger partial charge in [0.1, 0.15) is 0 Å². The van der Waals surface area contributed by atoms with E-state index in [1.54, 1.807) is 0 Å². The van der Waals surface area contributed by atoms with Crippen molar-refractivity contribution in [2.45, 2.75) is 52.7 Å². The zero-order valence-electron chi connectivity index (χ0n) is 11.9. The molecule has 0 fully saturated rings. The van der Waals surface area contributed by atoms with E-state index in [4.69, 9.17) is 0 Å². The summed E-state index contributed by atoms with van der Waals surface area (Å²) in [6.07, 6.45) is 10.6. The number of rotatable bonds is 0. The van der Waals surface area contributed by atoms with E-state index in [1.807, 2.05) is 11.8 Å². The molecule has 0 amide bonds. The second-order valence-electron chi connectivity index (χ2n) is 7.19. The van der Waals surface area contributed by atoms with Crippen LogP contribution in [0.25, 0.3) is 0 Å². The van der Waals surface area contributed by atoms with Crippen molar-refractivity contribution in [3.63, 3.8) is 0 Å². The van der Waals surface area contributed by atoms with Gasteiger partial charge >= 0.3 is 0 Å². The Hall–Kier alpha value is -0.430. The molecule has 2 aliphatic rings. The average molecular weight is 248 g/mol. The first-order valence-electron chi connectivity index (χ1n) is 6.44. The van der Waals surface area contributed by atoms with E-state index in [9.17, 15) is 0 Å². The van der Waals surface area contributed by atoms with Crippen LogP contribution in [0.15, 0.2) is 34.8 Å². The van der Waals surface area contributed by atoms with Crippen molar-refractivity contribution in [2.75, 3.05) is 0 Å². The Balaban J connectivity index is 2.49. The summed E-state index contributed by atoms with van der Waals surface area (Å²) in [5.74, 6) is 0. The fraction of sp³-hybridized carbons (Fsp3) is 0.625. The molecule has 2 rings (SSSR count). The summed E-state index contributed by atoms with van der Waals surface area (Å²) >= 11 is 2.03. The minimum absolute atomic E-state index is 0.179. The molecule has 0 saturated heterocycles. The first-order chi connectivity index (χ1) is 7.61. The third-order valence-electron chi connectivity index (χ3n) is 3.59. The maximum atomic E-state index is 2.38. The van der Waals surface area contributed by atoms with E-state index in [-0.39, 0.29) is 10.8 Å². The van der Waals surface area contributed by atoms with Crippen molar-refractivity contribution in [1.82, 2.24) is 0 Å². The lowest BCUT2D eigenvalue weighted by molar-refractivity contribution is 0.366. The molecule has 1 heteroatoms. The molecule has 0 nitrogen and oxygen atoms in total. The molecule has 0 atom stereocenters. The second-order valence-corrected chi connectivity index (χ2v) is 8.94. The summed E-state index contributed by atoms with van der Waals surface area (Å²) in [4.78, 5) is 1.47. The first kappa shape index (κ1) is 13.0. The van der Waals surface area contributed by atoms with Gasteiger partial charge in [0.25, 0.3) is 0 Å². The molecule has 0 N–H and O–H groups in total. The Labute approximate surface area is 110 Å². The lowest BCUT2D eigenvalue weighted by Crippen LogP contribution is -2.31. The van der Waals surface area contributed by atoms with Gasteiger partial charge < -0.3 is 0 Å². The summed E-state index contributed by atoms with van der Waals surface area (Å²) in [7, 11) is 0. The smallest absolute Gasteiger partial charge is 0.0159 e. The average Bonchev–Trinajstić information content (AvgIpc) is 2.22. The molecular formula is C16H24S. The summed E-state index contributed by atoms with van der Waals surface area (Å²) in [6, 6.07) is 0. The summed E-state index contributed by atoms with van der Waals surface area (Å²) in [6.45, 7) is 14.0. The number of thioether (sulfide) groups is 1. The van der Waals surface area contributed by atoms with Crippen LogP contribution in [0.4, 0.5) is 0 Å². The van der Waals surface area contributed by atoms with Crippen LogP contribution in [-0.2, 0) is 0 Å². The standard InChI is InChI=1S/C16H24S/c1-14(2)9-7-12-13(8-10-14)17-16(5,6)11-15(12,3)4/h7-10H,11H2,1-6H3. The third kappa shape index (κ3) is 2.70. The van der Waals surface area contributed by atoms with Gasteiger partial charge in [0.2, 0.25) is 0 Å². The Morgan fingerprint density at radius 2 is 1.53 bits per heavy atom. The summed E-state index contributed by atoms with van der Waals surface area (Å²) < 4.78 is 0.342. The van der Waals surface area contributed by atoms with E-state index in [1.165, 1.54) is 16.9 Å². The van der Waals surface area contributed by atoms with Crippen molar-refractivity contribution in [3.8, 4) is 0 Å². The van der Waals surface area contributed by atoms with Gasteiger partial charge in [-0.25, -0.2) is 0 Å². The van der Waals surface area contributed by atoms with Gasteiger partial charge in [-0.15, -0.1) is 11.8 Å². The predicted octanol–water partition coefficient (Wildman–Crippen LogP) is 5.33. The van der Waals surface area contributed by atoms with Crippen LogP contribution in [0.5, 0.6) is 0 Å². The minimum atomic E-state index is 0.179. The van der Waals surface area contributed by atoms with Crippen LogP contribution in [0.2, 0.25) is 0 Å². The van der Waals surface area contributed by atoms with Gasteiger partial charge in [-0.2, -0.15) is 0 Å². The van der Waals surface area contributed by atoms with E-state index in [2.05, 4.69) is 65.8 Å². The van der Waals surface area contributed by atoms with Crippen molar-refractivity contribution < 1.29 is 0 Å². The van der Waals surface area contributed by atoms with Gasteiger partial charge in [-0.1, -0.05) is 65.8 Å². The molecule has 1 aliphatic carbocycles. The van der Waals surface area contributed by atoms with Crippen LogP contribution < -0.4 is 0 Å². The Morgan fingerprint density at radius 3 is 2.18 bits per heavy atom. The van der Waals surface area contributed by atoms with E-state index >= 15 is 0 Å². The highest BCUT2D eigenvalue weighted by atomic mass is 32.2. The van der Waals surface area contributed by atoms with Crippen molar-refractivity contribution in [3.05, 3.63) is 34.8 Å². The van der Waals surface area contributed by atoms with E-state index in [0.29, 0.717) is 4.75 Å². The van der Waals surface area contributed by atoms with Crippen LogP contribution in [0.3, 0.4) is 0 Å². The fourth-order valence-electron chi connectivity index (χ4n) is 2.96. The predicted molar refractivity (Wildman–Crippen MR) is 79.2 cm³/mol. The van der Waals surface area contributed by atoms with Gasteiger partial charge in [0, 0.05) is 15.1 Å². The van der Waals surface area contributed by atoms with Gasteiger partial charge in [0.15, 0.2) is 0 Å². The van der Waals surface area contributed by atoms with Crippen molar-refractivity contribution in [2.24, 2.45) is 10.8 Å². The summed E-state index contributed by atoms with van der Waals surface area (Å²) in [5.41, 5.74) is 1.98. The fourth-order valence-corrected chi connectivity index (χ4v) is 4.58. The maximum absolute atomic E-state index is 2.38. The number of allylic oxidation sites excluding steroid dienone is 5. The molecule has 0 bridgehead atoms. The zero-order valence-corrected chi connectivity index (χ0v) is 12.7. The molecule has 0 saturated carbocycles. The molecule has 0 aromatic carbocycles. The SMILES string of the molecule is CC1(C)C=CC2=C(C=C1)C(C)(C)CC(C)(C)S2. The Morgan fingerprint density at radius 1 is 0.941 bits per heavy atom. The highest BCUT2D eigenvalue weighted by molar-refractivity contribution is 8.04. The number of hydrogen-bond donors (Lipinski definition) is 0. The summed E-state index contributed by atoms with van der Waals surface area (Å²) in [5, 5.41) is 0. The molecule has 94 valence electrons. The first-order valence-corrected chi connectivity index (χ1v) is 7.25. The third-order valence-corrected chi connectivity index (χ3v) is 4.87. The molecule has 0 unspecified atom stereocenters. The van der Waals surface area contributed by atoms with Crippen molar-refractivity contribution in [1.29, 1.82) is 0 Å². The van der Waals surface area contributed by atoms with E-state index < -0.39 is 0 Å².